The van der Waals surface area contributed by atoms with Crippen LogP contribution in [0, 0.1) is 0 Å². The summed E-state index contributed by atoms with van der Waals surface area (Å²) in [7, 11) is -3.84. The van der Waals surface area contributed by atoms with E-state index in [4.69, 9.17) is 16.3 Å². The van der Waals surface area contributed by atoms with Gasteiger partial charge in [-0.1, -0.05) is 23.7 Å². The molecule has 1 saturated heterocycles. The third kappa shape index (κ3) is 4.92. The van der Waals surface area contributed by atoms with Gasteiger partial charge in [0.2, 0.25) is 11.8 Å². The van der Waals surface area contributed by atoms with Crippen molar-refractivity contribution >= 4 is 44.8 Å². The van der Waals surface area contributed by atoms with Gasteiger partial charge in [-0.05, 0) is 66.2 Å². The standard InChI is InChI=1S/C23H19ClN2O5S/c24-17-3-1-16(2-4-17)15-31-20-9-5-18(6-10-20)25-32(29,30)21-11-7-19(8-12-21)26-22(27)13-14-23(26)28/h1-12,25H,13-15H2. The molecule has 0 aromatic heterocycles. The summed E-state index contributed by atoms with van der Waals surface area (Å²) in [5.74, 6) is 0.0106. The van der Waals surface area contributed by atoms with Gasteiger partial charge in [0, 0.05) is 23.6 Å². The molecule has 0 spiro atoms. The average Bonchev–Trinajstić information content (AvgIpc) is 3.12. The molecule has 1 heterocycles. The van der Waals surface area contributed by atoms with Gasteiger partial charge in [-0.25, -0.2) is 8.42 Å². The van der Waals surface area contributed by atoms with Gasteiger partial charge in [0.05, 0.1) is 10.6 Å². The summed E-state index contributed by atoms with van der Waals surface area (Å²) in [5, 5.41) is 0.651. The number of ether oxygens (including phenoxy) is 1. The molecule has 32 heavy (non-hydrogen) atoms. The van der Waals surface area contributed by atoms with Gasteiger partial charge in [-0.3, -0.25) is 19.2 Å². The van der Waals surface area contributed by atoms with E-state index in [0.29, 0.717) is 28.8 Å². The van der Waals surface area contributed by atoms with E-state index in [2.05, 4.69) is 4.72 Å². The molecule has 0 saturated carbocycles. The van der Waals surface area contributed by atoms with Gasteiger partial charge in [0.25, 0.3) is 10.0 Å². The minimum absolute atomic E-state index is 0.0170. The number of nitrogens with zero attached hydrogens (tertiary/aromatic N) is 1. The number of hydrogen-bond donors (Lipinski definition) is 1. The van der Waals surface area contributed by atoms with Crippen molar-refractivity contribution in [3.05, 3.63) is 83.4 Å². The third-order valence-corrected chi connectivity index (χ3v) is 6.53. The molecule has 0 unspecified atom stereocenters. The number of benzene rings is 3. The van der Waals surface area contributed by atoms with Crippen molar-refractivity contribution in [2.24, 2.45) is 0 Å². The molecule has 4 rings (SSSR count). The van der Waals surface area contributed by atoms with E-state index >= 15 is 0 Å². The second kappa shape index (κ2) is 9.02. The average molecular weight is 471 g/mol. The Hall–Kier alpha value is -3.36. The van der Waals surface area contributed by atoms with Crippen molar-refractivity contribution in [1.82, 2.24) is 0 Å². The Kier molecular flexibility index (Phi) is 6.16. The first kappa shape index (κ1) is 21.9. The van der Waals surface area contributed by atoms with E-state index in [1.807, 2.05) is 12.1 Å². The third-order valence-electron chi connectivity index (χ3n) is 4.88. The Balaban J connectivity index is 1.40. The lowest BCUT2D eigenvalue weighted by molar-refractivity contribution is -0.121. The van der Waals surface area contributed by atoms with Crippen LogP contribution in [0.1, 0.15) is 18.4 Å². The number of carbonyl (C=O) groups excluding carboxylic acids is 2. The molecule has 164 valence electrons. The van der Waals surface area contributed by atoms with E-state index < -0.39 is 10.0 Å². The first-order valence-corrected chi connectivity index (χ1v) is 11.6. The fraction of sp³-hybridized carbons (Fsp3) is 0.130. The summed E-state index contributed by atoms with van der Waals surface area (Å²) < 4.78 is 33.6. The minimum atomic E-state index is -3.84. The van der Waals surface area contributed by atoms with Crippen LogP contribution in [0.3, 0.4) is 0 Å². The van der Waals surface area contributed by atoms with Crippen molar-refractivity contribution in [3.63, 3.8) is 0 Å². The zero-order valence-electron chi connectivity index (χ0n) is 16.8. The van der Waals surface area contributed by atoms with Gasteiger partial charge in [0.15, 0.2) is 0 Å². The molecule has 1 aliphatic heterocycles. The van der Waals surface area contributed by atoms with Crippen molar-refractivity contribution in [3.8, 4) is 5.75 Å². The molecular formula is C23H19ClN2O5S. The van der Waals surface area contributed by atoms with Crippen LogP contribution < -0.4 is 14.4 Å². The molecule has 0 bridgehead atoms. The van der Waals surface area contributed by atoms with Crippen LogP contribution in [-0.4, -0.2) is 20.2 Å². The maximum Gasteiger partial charge on any atom is 0.261 e. The van der Waals surface area contributed by atoms with Crippen molar-refractivity contribution < 1.29 is 22.7 Å². The highest BCUT2D eigenvalue weighted by atomic mass is 35.5. The lowest BCUT2D eigenvalue weighted by Gasteiger charge is -2.14. The van der Waals surface area contributed by atoms with E-state index in [1.165, 1.54) is 24.3 Å². The Morgan fingerprint density at radius 1 is 0.844 bits per heavy atom. The van der Waals surface area contributed by atoms with E-state index in [9.17, 15) is 18.0 Å². The topological polar surface area (TPSA) is 92.8 Å². The van der Waals surface area contributed by atoms with Crippen LogP contribution in [0.5, 0.6) is 5.75 Å². The van der Waals surface area contributed by atoms with E-state index in [1.54, 1.807) is 36.4 Å². The van der Waals surface area contributed by atoms with Crippen LogP contribution >= 0.6 is 11.6 Å². The van der Waals surface area contributed by atoms with Crippen molar-refractivity contribution in [1.29, 1.82) is 0 Å². The van der Waals surface area contributed by atoms with Crippen LogP contribution in [-0.2, 0) is 26.2 Å². The maximum absolute atomic E-state index is 12.7. The fourth-order valence-corrected chi connectivity index (χ4v) is 4.40. The number of rotatable bonds is 7. The number of sulfonamides is 1. The normalized spacial score (nSPS) is 14.0. The van der Waals surface area contributed by atoms with Crippen LogP contribution in [0.25, 0.3) is 0 Å². The molecule has 0 aliphatic carbocycles. The highest BCUT2D eigenvalue weighted by Gasteiger charge is 2.30. The summed E-state index contributed by atoms with van der Waals surface area (Å²) >= 11 is 5.87. The lowest BCUT2D eigenvalue weighted by atomic mass is 10.2. The van der Waals surface area contributed by atoms with Gasteiger partial charge in [-0.15, -0.1) is 0 Å². The molecule has 1 N–H and O–H groups in total. The van der Waals surface area contributed by atoms with Crippen LogP contribution in [0.2, 0.25) is 5.02 Å². The van der Waals surface area contributed by atoms with Gasteiger partial charge >= 0.3 is 0 Å². The van der Waals surface area contributed by atoms with Crippen LogP contribution in [0.15, 0.2) is 77.7 Å². The highest BCUT2D eigenvalue weighted by molar-refractivity contribution is 7.92. The zero-order valence-corrected chi connectivity index (χ0v) is 18.4. The molecule has 3 aromatic rings. The van der Waals surface area contributed by atoms with E-state index in [-0.39, 0.29) is 29.6 Å². The Labute approximate surface area is 190 Å². The molecule has 1 fully saturated rings. The zero-order chi connectivity index (χ0) is 22.7. The number of amides is 2. The quantitative estimate of drug-likeness (QED) is 0.517. The fourth-order valence-electron chi connectivity index (χ4n) is 3.22. The van der Waals surface area contributed by atoms with Gasteiger partial charge in [0.1, 0.15) is 12.4 Å². The highest BCUT2D eigenvalue weighted by Crippen LogP contribution is 2.25. The molecule has 1 aliphatic rings. The number of halogens is 1. The predicted molar refractivity (Wildman–Crippen MR) is 121 cm³/mol. The summed E-state index contributed by atoms with van der Waals surface area (Å²) in [6, 6.07) is 19.5. The molecule has 3 aromatic carbocycles. The Morgan fingerprint density at radius 2 is 1.44 bits per heavy atom. The smallest absolute Gasteiger partial charge is 0.261 e. The summed E-state index contributed by atoms with van der Waals surface area (Å²) in [4.78, 5) is 24.8. The Morgan fingerprint density at radius 3 is 2.03 bits per heavy atom. The van der Waals surface area contributed by atoms with Gasteiger partial charge in [-0.2, -0.15) is 0 Å². The predicted octanol–water partition coefficient (Wildman–Crippen LogP) is 4.37. The molecule has 0 radical (unpaired) electrons. The number of carbonyl (C=O) groups is 2. The van der Waals surface area contributed by atoms with E-state index in [0.717, 1.165) is 10.5 Å². The summed E-state index contributed by atoms with van der Waals surface area (Å²) in [6.07, 6.45) is 0.333. The van der Waals surface area contributed by atoms with Crippen molar-refractivity contribution in [2.45, 2.75) is 24.3 Å². The summed E-state index contributed by atoms with van der Waals surface area (Å²) in [5.41, 5.74) is 1.69. The second-order valence-electron chi connectivity index (χ2n) is 7.16. The first-order chi connectivity index (χ1) is 15.3. The van der Waals surface area contributed by atoms with Crippen molar-refractivity contribution in [2.75, 3.05) is 9.62 Å². The molecule has 9 heteroatoms. The Bertz CT molecular complexity index is 1230. The largest absolute Gasteiger partial charge is 0.489 e. The lowest BCUT2D eigenvalue weighted by Crippen LogP contribution is -2.28. The molecule has 2 amide bonds. The minimum Gasteiger partial charge on any atom is -0.489 e. The molecule has 7 nitrogen and oxygen atoms in total. The maximum atomic E-state index is 12.7. The number of imide groups is 1. The monoisotopic (exact) mass is 470 g/mol. The number of anilines is 2. The molecule has 0 atom stereocenters. The molecular weight excluding hydrogens is 452 g/mol. The number of nitrogens with one attached hydrogen (secondary N) is 1. The van der Waals surface area contributed by atoms with Gasteiger partial charge < -0.3 is 4.74 Å². The first-order valence-electron chi connectivity index (χ1n) is 9.78. The second-order valence-corrected chi connectivity index (χ2v) is 9.28. The number of hydrogen-bond acceptors (Lipinski definition) is 5. The van der Waals surface area contributed by atoms with Crippen LogP contribution in [0.4, 0.5) is 11.4 Å². The SMILES string of the molecule is O=C1CCC(=O)N1c1ccc(S(=O)(=O)Nc2ccc(OCc3ccc(Cl)cc3)cc2)cc1. The summed E-state index contributed by atoms with van der Waals surface area (Å²) in [6.45, 7) is 0.358.